The minimum atomic E-state index is -4.84. The Hall–Kier alpha value is -0.750. The molecule has 0 bridgehead atoms. The molecule has 0 saturated heterocycles. The average Bonchev–Trinajstić information content (AvgIpc) is 2.62. The first-order valence-corrected chi connectivity index (χ1v) is 14.8. The second-order valence-corrected chi connectivity index (χ2v) is 12.5. The zero-order valence-corrected chi connectivity index (χ0v) is 21.7. The predicted molar refractivity (Wildman–Crippen MR) is 126 cm³/mol. The number of nitrogens with zero attached hydrogens (tertiary/aromatic N) is 1. The number of quaternary nitrogens is 1. The summed E-state index contributed by atoms with van der Waals surface area (Å²) >= 11 is 0. The van der Waals surface area contributed by atoms with Crippen molar-refractivity contribution in [3.8, 4) is 0 Å². The van der Waals surface area contributed by atoms with Crippen molar-refractivity contribution in [2.24, 2.45) is 0 Å². The molecule has 0 aliphatic rings. The summed E-state index contributed by atoms with van der Waals surface area (Å²) in [6.07, 6.45) is 14.7. The van der Waals surface area contributed by atoms with Crippen LogP contribution < -0.4 is 5.32 Å². The zero-order valence-electron chi connectivity index (χ0n) is 20.1. The summed E-state index contributed by atoms with van der Waals surface area (Å²) in [5, 5.41) is 1.01. The van der Waals surface area contributed by atoms with Crippen molar-refractivity contribution in [1.29, 1.82) is 0 Å². The second kappa shape index (κ2) is 16.0. The molecule has 32 heavy (non-hydrogen) atoms. The van der Waals surface area contributed by atoms with E-state index in [9.17, 15) is 30.7 Å². The summed E-state index contributed by atoms with van der Waals surface area (Å²) in [4.78, 5) is 12.2. The fourth-order valence-electron chi connectivity index (χ4n) is 3.71. The lowest BCUT2D eigenvalue weighted by molar-refractivity contribution is -0.881. The van der Waals surface area contributed by atoms with Crippen LogP contribution in [-0.2, 0) is 25.0 Å². The molecule has 0 rings (SSSR count). The number of carbonyl (C=O) groups is 1. The SMILES string of the molecule is CCCCCCCCCCCCCCNC(=O)C[N+](C)(C)CC(CS(=O)(=O)[O-])S(=O)(=O)O. The van der Waals surface area contributed by atoms with E-state index in [4.69, 9.17) is 0 Å². The highest BCUT2D eigenvalue weighted by molar-refractivity contribution is 7.90. The Balaban J connectivity index is 4.00. The van der Waals surface area contributed by atoms with Gasteiger partial charge in [-0.1, -0.05) is 77.6 Å². The van der Waals surface area contributed by atoms with Gasteiger partial charge in [0.05, 0.1) is 36.5 Å². The van der Waals surface area contributed by atoms with E-state index in [1.807, 2.05) is 0 Å². The molecule has 0 saturated carbocycles. The van der Waals surface area contributed by atoms with Gasteiger partial charge in [0, 0.05) is 6.54 Å². The van der Waals surface area contributed by atoms with E-state index in [-0.39, 0.29) is 23.5 Å². The van der Waals surface area contributed by atoms with Gasteiger partial charge in [-0.3, -0.25) is 9.35 Å². The Kier molecular flexibility index (Phi) is 15.6. The maximum Gasteiger partial charge on any atom is 0.275 e. The summed E-state index contributed by atoms with van der Waals surface area (Å²) in [7, 11) is -6.50. The van der Waals surface area contributed by atoms with E-state index in [1.54, 1.807) is 14.1 Å². The molecule has 0 fully saturated rings. The van der Waals surface area contributed by atoms with Crippen LogP contribution in [0.2, 0.25) is 0 Å². The first-order chi connectivity index (χ1) is 14.8. The summed E-state index contributed by atoms with van der Waals surface area (Å²) in [6.45, 7) is 2.28. The summed E-state index contributed by atoms with van der Waals surface area (Å²) in [5.74, 6) is -1.52. The molecule has 0 aromatic heterocycles. The molecule has 9 nitrogen and oxygen atoms in total. The molecule has 1 atom stereocenters. The van der Waals surface area contributed by atoms with Crippen molar-refractivity contribution in [3.63, 3.8) is 0 Å². The third-order valence-electron chi connectivity index (χ3n) is 5.43. The van der Waals surface area contributed by atoms with Crippen LogP contribution in [0.25, 0.3) is 0 Å². The molecule has 0 aromatic carbocycles. The normalized spacial score (nSPS) is 13.8. The Morgan fingerprint density at radius 1 is 0.875 bits per heavy atom. The number of rotatable bonds is 20. The van der Waals surface area contributed by atoms with Crippen LogP contribution in [0.1, 0.15) is 84.0 Å². The lowest BCUT2D eigenvalue weighted by Gasteiger charge is -2.32. The molecule has 11 heteroatoms. The van der Waals surface area contributed by atoms with Gasteiger partial charge in [-0.15, -0.1) is 0 Å². The Morgan fingerprint density at radius 3 is 1.72 bits per heavy atom. The Bertz CT molecular complexity index is 722. The molecule has 0 aliphatic carbocycles. The van der Waals surface area contributed by atoms with Crippen LogP contribution in [0.3, 0.4) is 0 Å². The maximum absolute atomic E-state index is 12.2. The summed E-state index contributed by atoms with van der Waals surface area (Å²) in [5.41, 5.74) is 0. The lowest BCUT2D eigenvalue weighted by Crippen LogP contribution is -2.53. The van der Waals surface area contributed by atoms with E-state index < -0.39 is 31.2 Å². The van der Waals surface area contributed by atoms with Gasteiger partial charge in [0.2, 0.25) is 0 Å². The van der Waals surface area contributed by atoms with Gasteiger partial charge >= 0.3 is 0 Å². The van der Waals surface area contributed by atoms with E-state index in [1.165, 1.54) is 57.8 Å². The highest BCUT2D eigenvalue weighted by atomic mass is 32.2. The van der Waals surface area contributed by atoms with E-state index in [0.717, 1.165) is 19.3 Å². The number of hydrogen-bond acceptors (Lipinski definition) is 6. The number of amides is 1. The molecular formula is C21H44N2O7S2. The number of carbonyl (C=O) groups excluding carboxylic acids is 1. The molecular weight excluding hydrogens is 456 g/mol. The van der Waals surface area contributed by atoms with Gasteiger partial charge in [0.25, 0.3) is 16.0 Å². The number of hydrogen-bond donors (Lipinski definition) is 2. The fourth-order valence-corrected chi connectivity index (χ4v) is 6.06. The van der Waals surface area contributed by atoms with Crippen LogP contribution in [0.4, 0.5) is 0 Å². The van der Waals surface area contributed by atoms with Crippen LogP contribution in [-0.4, -0.2) is 81.1 Å². The average molecular weight is 501 g/mol. The van der Waals surface area contributed by atoms with Gasteiger partial charge in [-0.05, 0) is 6.42 Å². The predicted octanol–water partition coefficient (Wildman–Crippen LogP) is 2.68. The van der Waals surface area contributed by atoms with E-state index in [2.05, 4.69) is 12.2 Å². The van der Waals surface area contributed by atoms with Gasteiger partial charge in [0.1, 0.15) is 5.25 Å². The molecule has 1 amide bonds. The Labute approximate surface area is 195 Å². The van der Waals surface area contributed by atoms with E-state index in [0.29, 0.717) is 6.54 Å². The number of likely N-dealkylation sites (N-methyl/N-ethyl adjacent to an activating group) is 1. The van der Waals surface area contributed by atoms with Crippen molar-refractivity contribution in [2.45, 2.75) is 89.2 Å². The van der Waals surface area contributed by atoms with Crippen LogP contribution in [0, 0.1) is 0 Å². The molecule has 0 spiro atoms. The molecule has 1 unspecified atom stereocenters. The van der Waals surface area contributed by atoms with E-state index >= 15 is 0 Å². The monoisotopic (exact) mass is 500 g/mol. The minimum Gasteiger partial charge on any atom is -0.748 e. The van der Waals surface area contributed by atoms with Gasteiger partial charge in [-0.25, -0.2) is 8.42 Å². The van der Waals surface area contributed by atoms with Crippen molar-refractivity contribution in [1.82, 2.24) is 5.32 Å². The Morgan fingerprint density at radius 2 is 1.31 bits per heavy atom. The molecule has 0 aromatic rings. The maximum atomic E-state index is 12.2. The molecule has 192 valence electrons. The minimum absolute atomic E-state index is 0.0941. The molecule has 0 aliphatic heterocycles. The third kappa shape index (κ3) is 18.8. The molecule has 2 N–H and O–H groups in total. The van der Waals surface area contributed by atoms with Gasteiger partial charge in [-0.2, -0.15) is 8.42 Å². The zero-order chi connectivity index (χ0) is 24.7. The largest absolute Gasteiger partial charge is 0.748 e. The lowest BCUT2D eigenvalue weighted by atomic mass is 10.1. The highest BCUT2D eigenvalue weighted by Crippen LogP contribution is 2.12. The van der Waals surface area contributed by atoms with Crippen molar-refractivity contribution < 1.29 is 35.2 Å². The van der Waals surface area contributed by atoms with Crippen molar-refractivity contribution in [3.05, 3.63) is 0 Å². The number of nitrogens with one attached hydrogen (secondary N) is 1. The highest BCUT2D eigenvalue weighted by Gasteiger charge is 2.34. The molecule has 0 radical (unpaired) electrons. The van der Waals surface area contributed by atoms with Crippen LogP contribution >= 0.6 is 0 Å². The standard InChI is InChI=1S/C21H44N2O7S2/c1-4-5-6-7-8-9-10-11-12-13-14-15-16-22-21(24)18-23(2,3)17-20(32(28,29)30)19-31(25,26)27/h20H,4-19H2,1-3H3,(H2-,22,24,25,26,27,28,29,30). The smallest absolute Gasteiger partial charge is 0.275 e. The van der Waals surface area contributed by atoms with Crippen molar-refractivity contribution >= 4 is 26.1 Å². The van der Waals surface area contributed by atoms with Crippen molar-refractivity contribution in [2.75, 3.05) is 39.5 Å². The first-order valence-electron chi connectivity index (χ1n) is 11.8. The summed E-state index contributed by atoms with van der Waals surface area (Å²) in [6, 6.07) is 0. The first kappa shape index (κ1) is 31.2. The topological polar surface area (TPSA) is 141 Å². The summed E-state index contributed by atoms with van der Waals surface area (Å²) < 4.78 is 64.7. The second-order valence-electron chi connectivity index (χ2n) is 9.38. The fraction of sp³-hybridized carbons (Fsp3) is 0.952. The van der Waals surface area contributed by atoms with Gasteiger partial charge in [0.15, 0.2) is 6.54 Å². The van der Waals surface area contributed by atoms with Gasteiger partial charge < -0.3 is 14.4 Å². The van der Waals surface area contributed by atoms with Crippen LogP contribution in [0.5, 0.6) is 0 Å². The quantitative estimate of drug-likeness (QED) is 0.149. The van der Waals surface area contributed by atoms with Crippen LogP contribution in [0.15, 0.2) is 0 Å². The third-order valence-corrected chi connectivity index (χ3v) is 7.61. The molecule has 0 heterocycles. The number of unbranched alkanes of at least 4 members (excludes halogenated alkanes) is 11.